The molecule has 0 fully saturated rings. The van der Waals surface area contributed by atoms with Crippen LogP contribution in [-0.2, 0) is 0 Å². The number of hydrogen-bond acceptors (Lipinski definition) is 1. The van der Waals surface area contributed by atoms with Gasteiger partial charge in [0.1, 0.15) is 0 Å². The minimum absolute atomic E-state index is 0.469. The molecular weight excluding hydrogens is 438 g/mol. The van der Waals surface area contributed by atoms with E-state index in [0.717, 1.165) is 6.42 Å². The van der Waals surface area contributed by atoms with E-state index in [9.17, 15) is 5.11 Å². The van der Waals surface area contributed by atoms with Gasteiger partial charge in [-0.05, 0) is 57.3 Å². The number of unbranched alkanes of at least 4 members (excludes halogenated alkanes) is 10. The van der Waals surface area contributed by atoms with Gasteiger partial charge in [-0.15, -0.1) is 9.24 Å². The van der Waals surface area contributed by atoms with Crippen molar-refractivity contribution in [3.05, 3.63) is 0 Å². The molecule has 0 saturated heterocycles. The van der Waals surface area contributed by atoms with Crippen LogP contribution in [-0.4, -0.2) is 35.1 Å². The lowest BCUT2D eigenvalue weighted by atomic mass is 9.86. The standard InChI is InChI=1S/C30H65OP2/c1-6-11-13-15-18-22-29(30(31,32)24-20-16-14-12-7-2)23-19-17-21-28-33(25-8-3,26-9-4)27-10-5/h29,31H,6-28,32H2,1-5H3/q+1. The number of rotatable bonds is 25. The Bertz CT molecular complexity index is 393. The quantitative estimate of drug-likeness (QED) is 0.0970. The molecule has 0 bridgehead atoms. The van der Waals surface area contributed by atoms with Crippen LogP contribution in [0.5, 0.6) is 0 Å². The lowest BCUT2D eigenvalue weighted by molar-refractivity contribution is 0.0477. The van der Waals surface area contributed by atoms with Crippen molar-refractivity contribution in [2.75, 3.05) is 24.6 Å². The Morgan fingerprint density at radius 2 is 0.970 bits per heavy atom. The first kappa shape index (κ1) is 33.8. The van der Waals surface area contributed by atoms with Crippen molar-refractivity contribution in [2.24, 2.45) is 5.92 Å². The van der Waals surface area contributed by atoms with Crippen LogP contribution < -0.4 is 0 Å². The van der Waals surface area contributed by atoms with Gasteiger partial charge in [-0.2, -0.15) is 0 Å². The molecular formula is C30H65OP2+. The lowest BCUT2D eigenvalue weighted by Gasteiger charge is -2.33. The monoisotopic (exact) mass is 503 g/mol. The molecule has 0 aromatic heterocycles. The fourth-order valence-corrected chi connectivity index (χ4v) is 11.6. The zero-order chi connectivity index (χ0) is 24.8. The summed E-state index contributed by atoms with van der Waals surface area (Å²) in [4.78, 5) is 0. The molecule has 0 spiro atoms. The molecule has 0 aliphatic carbocycles. The van der Waals surface area contributed by atoms with Crippen molar-refractivity contribution in [3.8, 4) is 0 Å². The highest BCUT2D eigenvalue weighted by atomic mass is 31.2. The maximum atomic E-state index is 11.4. The van der Waals surface area contributed by atoms with Crippen molar-refractivity contribution in [3.63, 3.8) is 0 Å². The third-order valence-electron chi connectivity index (χ3n) is 7.82. The van der Waals surface area contributed by atoms with Crippen LogP contribution in [0.25, 0.3) is 0 Å². The van der Waals surface area contributed by atoms with Gasteiger partial charge in [0.15, 0.2) is 0 Å². The summed E-state index contributed by atoms with van der Waals surface area (Å²) in [6.07, 6.45) is 30.9. The third kappa shape index (κ3) is 17.0. The number of aliphatic hydroxyl groups is 1. The van der Waals surface area contributed by atoms with Crippen LogP contribution in [0.4, 0.5) is 0 Å². The summed E-state index contributed by atoms with van der Waals surface area (Å²) < 4.78 is 0. The van der Waals surface area contributed by atoms with Gasteiger partial charge in [0, 0.05) is 7.26 Å². The Morgan fingerprint density at radius 1 is 0.545 bits per heavy atom. The van der Waals surface area contributed by atoms with Crippen molar-refractivity contribution < 1.29 is 5.11 Å². The molecule has 0 rings (SSSR count). The first-order valence-corrected chi connectivity index (χ1v) is 18.4. The van der Waals surface area contributed by atoms with Crippen LogP contribution in [0, 0.1) is 5.92 Å². The summed E-state index contributed by atoms with van der Waals surface area (Å²) in [6, 6.07) is 0. The molecule has 1 N–H and O–H groups in total. The second-order valence-corrected chi connectivity index (χ2v) is 16.6. The highest BCUT2D eigenvalue weighted by Crippen LogP contribution is 2.60. The number of hydrogen-bond donors (Lipinski definition) is 1. The SMILES string of the molecule is CCCCCCCC(CCCCC[P+](CCC)(CCC)CCC)C(O)(P)CCCCCCC. The minimum atomic E-state index is -0.699. The maximum Gasteiger partial charge on any atom is 0.0806 e. The van der Waals surface area contributed by atoms with Crippen LogP contribution >= 0.6 is 16.5 Å². The summed E-state index contributed by atoms with van der Waals surface area (Å²) in [7, 11) is 2.21. The van der Waals surface area contributed by atoms with Gasteiger partial charge < -0.3 is 5.11 Å². The van der Waals surface area contributed by atoms with Gasteiger partial charge in [-0.25, -0.2) is 0 Å². The molecule has 0 radical (unpaired) electrons. The fourth-order valence-electron chi connectivity index (χ4n) is 5.96. The second kappa shape index (κ2) is 22.1. The maximum absolute atomic E-state index is 11.4. The van der Waals surface area contributed by atoms with E-state index < -0.39 is 12.6 Å². The van der Waals surface area contributed by atoms with Gasteiger partial charge in [-0.1, -0.05) is 105 Å². The Labute approximate surface area is 214 Å². The molecule has 0 aliphatic heterocycles. The summed E-state index contributed by atoms with van der Waals surface area (Å²) in [5, 5.41) is 10.9. The van der Waals surface area contributed by atoms with Crippen LogP contribution in [0.2, 0.25) is 0 Å². The first-order valence-electron chi connectivity index (χ1n) is 15.3. The van der Waals surface area contributed by atoms with Crippen LogP contribution in [0.1, 0.15) is 157 Å². The molecule has 3 unspecified atom stereocenters. The highest BCUT2D eigenvalue weighted by Gasteiger charge is 2.34. The Kier molecular flexibility index (Phi) is 22.6. The van der Waals surface area contributed by atoms with Crippen molar-refractivity contribution in [2.45, 2.75) is 162 Å². The summed E-state index contributed by atoms with van der Waals surface area (Å²) in [5.41, 5.74) is 0. The molecule has 0 aromatic carbocycles. The molecule has 200 valence electrons. The van der Waals surface area contributed by atoms with Gasteiger partial charge in [0.2, 0.25) is 0 Å². The largest absolute Gasteiger partial charge is 0.386 e. The normalized spacial score (nSPS) is 15.0. The molecule has 0 amide bonds. The van der Waals surface area contributed by atoms with Crippen molar-refractivity contribution in [1.29, 1.82) is 0 Å². The average molecular weight is 504 g/mol. The molecule has 33 heavy (non-hydrogen) atoms. The zero-order valence-electron chi connectivity index (χ0n) is 23.8. The lowest BCUT2D eigenvalue weighted by Crippen LogP contribution is -2.31. The van der Waals surface area contributed by atoms with E-state index >= 15 is 0 Å². The summed E-state index contributed by atoms with van der Waals surface area (Å²) >= 11 is 0. The molecule has 1 nitrogen and oxygen atoms in total. The van der Waals surface area contributed by atoms with Crippen molar-refractivity contribution >= 4 is 16.5 Å². The summed E-state index contributed by atoms with van der Waals surface area (Å²) in [6.45, 7) is 11.8. The van der Waals surface area contributed by atoms with Gasteiger partial charge in [0.05, 0.1) is 30.0 Å². The van der Waals surface area contributed by atoms with E-state index in [1.165, 1.54) is 140 Å². The Morgan fingerprint density at radius 3 is 1.42 bits per heavy atom. The molecule has 0 saturated carbocycles. The molecule has 3 atom stereocenters. The van der Waals surface area contributed by atoms with E-state index in [0.29, 0.717) is 5.92 Å². The Balaban J connectivity index is 4.66. The van der Waals surface area contributed by atoms with E-state index in [1.54, 1.807) is 0 Å². The van der Waals surface area contributed by atoms with Gasteiger partial charge >= 0.3 is 0 Å². The predicted molar refractivity (Wildman–Crippen MR) is 161 cm³/mol. The van der Waals surface area contributed by atoms with Gasteiger partial charge in [0.25, 0.3) is 0 Å². The molecule has 0 aromatic rings. The van der Waals surface area contributed by atoms with E-state index in [-0.39, 0.29) is 0 Å². The van der Waals surface area contributed by atoms with Crippen LogP contribution in [0.3, 0.4) is 0 Å². The highest BCUT2D eigenvalue weighted by molar-refractivity contribution is 7.75. The van der Waals surface area contributed by atoms with Crippen molar-refractivity contribution in [1.82, 2.24) is 0 Å². The second-order valence-electron chi connectivity index (χ2n) is 11.1. The topological polar surface area (TPSA) is 20.2 Å². The average Bonchev–Trinajstić information content (AvgIpc) is 2.77. The first-order chi connectivity index (χ1) is 15.9. The molecule has 0 aliphatic rings. The van der Waals surface area contributed by atoms with Crippen LogP contribution in [0.15, 0.2) is 0 Å². The minimum Gasteiger partial charge on any atom is -0.386 e. The molecule has 3 heteroatoms. The predicted octanol–water partition coefficient (Wildman–Crippen LogP) is 10.7. The van der Waals surface area contributed by atoms with E-state index in [1.807, 2.05) is 0 Å². The van der Waals surface area contributed by atoms with E-state index in [4.69, 9.17) is 0 Å². The zero-order valence-corrected chi connectivity index (χ0v) is 25.9. The fraction of sp³-hybridized carbons (Fsp3) is 1.00. The third-order valence-corrected chi connectivity index (χ3v) is 14.0. The van der Waals surface area contributed by atoms with Gasteiger partial charge in [-0.3, -0.25) is 0 Å². The summed E-state index contributed by atoms with van der Waals surface area (Å²) in [5.74, 6) is 0.469. The Hall–Kier alpha value is 0.820. The molecule has 0 heterocycles. The smallest absolute Gasteiger partial charge is 0.0806 e. The van der Waals surface area contributed by atoms with E-state index in [2.05, 4.69) is 43.9 Å².